The van der Waals surface area contributed by atoms with Gasteiger partial charge in [0.15, 0.2) is 0 Å². The highest BCUT2D eigenvalue weighted by Gasteiger charge is 2.08. The molecule has 0 aliphatic carbocycles. The standard InChI is InChI=1S/C13H13BrO/c1-15-13(9-14)12-7-6-10-4-2-3-5-11(10)8-12/h2-8,13H,9H2,1H3. The van der Waals surface area contributed by atoms with Gasteiger partial charge in [0.2, 0.25) is 0 Å². The van der Waals surface area contributed by atoms with Gasteiger partial charge < -0.3 is 4.74 Å². The summed E-state index contributed by atoms with van der Waals surface area (Å²) in [6.45, 7) is 0. The summed E-state index contributed by atoms with van der Waals surface area (Å²) >= 11 is 3.45. The number of alkyl halides is 1. The van der Waals surface area contributed by atoms with Crippen LogP contribution in [0.3, 0.4) is 0 Å². The van der Waals surface area contributed by atoms with Crippen molar-refractivity contribution in [1.29, 1.82) is 0 Å². The molecular formula is C13H13BrO. The summed E-state index contributed by atoms with van der Waals surface area (Å²) < 4.78 is 5.39. The van der Waals surface area contributed by atoms with Gasteiger partial charge in [0, 0.05) is 12.4 Å². The van der Waals surface area contributed by atoms with Crippen molar-refractivity contribution in [2.45, 2.75) is 6.10 Å². The molecule has 1 atom stereocenters. The van der Waals surface area contributed by atoms with Crippen molar-refractivity contribution in [2.75, 3.05) is 12.4 Å². The average molecular weight is 265 g/mol. The van der Waals surface area contributed by atoms with Crippen LogP contribution in [0.2, 0.25) is 0 Å². The average Bonchev–Trinajstić information content (AvgIpc) is 2.30. The molecule has 2 rings (SSSR count). The van der Waals surface area contributed by atoms with Gasteiger partial charge in [0.1, 0.15) is 0 Å². The van der Waals surface area contributed by atoms with E-state index in [2.05, 4.69) is 58.4 Å². The monoisotopic (exact) mass is 264 g/mol. The van der Waals surface area contributed by atoms with Crippen LogP contribution in [0.4, 0.5) is 0 Å². The van der Waals surface area contributed by atoms with Crippen LogP contribution in [0.5, 0.6) is 0 Å². The molecule has 0 saturated heterocycles. The van der Waals surface area contributed by atoms with Gasteiger partial charge in [-0.25, -0.2) is 0 Å². The Morgan fingerprint density at radius 3 is 2.53 bits per heavy atom. The van der Waals surface area contributed by atoms with Crippen molar-refractivity contribution in [3.05, 3.63) is 48.0 Å². The first-order valence-corrected chi connectivity index (χ1v) is 6.04. The van der Waals surface area contributed by atoms with E-state index in [0.717, 1.165) is 5.33 Å². The maximum absolute atomic E-state index is 5.39. The molecule has 1 nitrogen and oxygen atoms in total. The lowest BCUT2D eigenvalue weighted by molar-refractivity contribution is 0.124. The van der Waals surface area contributed by atoms with E-state index in [1.165, 1.54) is 16.3 Å². The second-order valence-electron chi connectivity index (χ2n) is 3.49. The van der Waals surface area contributed by atoms with Crippen molar-refractivity contribution in [2.24, 2.45) is 0 Å². The van der Waals surface area contributed by atoms with Crippen LogP contribution < -0.4 is 0 Å². The van der Waals surface area contributed by atoms with Crippen LogP contribution in [-0.4, -0.2) is 12.4 Å². The van der Waals surface area contributed by atoms with Crippen molar-refractivity contribution >= 4 is 26.7 Å². The predicted octanol–water partition coefficient (Wildman–Crippen LogP) is 3.92. The fourth-order valence-corrected chi connectivity index (χ4v) is 2.33. The lowest BCUT2D eigenvalue weighted by Gasteiger charge is -2.13. The summed E-state index contributed by atoms with van der Waals surface area (Å²) in [5.74, 6) is 0. The molecular weight excluding hydrogens is 252 g/mol. The Hall–Kier alpha value is -0.860. The summed E-state index contributed by atoms with van der Waals surface area (Å²) in [5.41, 5.74) is 1.22. The van der Waals surface area contributed by atoms with E-state index in [1.54, 1.807) is 7.11 Å². The fourth-order valence-electron chi connectivity index (χ4n) is 1.70. The number of benzene rings is 2. The molecule has 0 aliphatic rings. The van der Waals surface area contributed by atoms with Crippen LogP contribution in [-0.2, 0) is 4.74 Å². The third kappa shape index (κ3) is 2.21. The number of hydrogen-bond donors (Lipinski definition) is 0. The summed E-state index contributed by atoms with van der Waals surface area (Å²) in [7, 11) is 1.74. The Kier molecular flexibility index (Phi) is 3.39. The minimum atomic E-state index is 0.134. The van der Waals surface area contributed by atoms with Crippen molar-refractivity contribution in [3.8, 4) is 0 Å². The molecule has 1 unspecified atom stereocenters. The minimum Gasteiger partial charge on any atom is -0.376 e. The van der Waals surface area contributed by atoms with Gasteiger partial charge in [-0.1, -0.05) is 52.3 Å². The highest BCUT2D eigenvalue weighted by atomic mass is 79.9. The van der Waals surface area contributed by atoms with E-state index in [9.17, 15) is 0 Å². The van der Waals surface area contributed by atoms with Crippen LogP contribution in [0.1, 0.15) is 11.7 Å². The molecule has 0 aliphatic heterocycles. The van der Waals surface area contributed by atoms with E-state index in [4.69, 9.17) is 4.74 Å². The Bertz CT molecular complexity index is 449. The second-order valence-corrected chi connectivity index (χ2v) is 4.13. The van der Waals surface area contributed by atoms with Crippen molar-refractivity contribution in [1.82, 2.24) is 0 Å². The molecule has 0 bridgehead atoms. The zero-order valence-electron chi connectivity index (χ0n) is 8.61. The molecule has 78 valence electrons. The molecule has 0 heterocycles. The topological polar surface area (TPSA) is 9.23 Å². The summed E-state index contributed by atoms with van der Waals surface area (Å²) in [4.78, 5) is 0. The van der Waals surface area contributed by atoms with Gasteiger partial charge in [-0.05, 0) is 22.4 Å². The van der Waals surface area contributed by atoms with E-state index in [-0.39, 0.29) is 6.10 Å². The predicted molar refractivity (Wildman–Crippen MR) is 67.5 cm³/mol. The van der Waals surface area contributed by atoms with Gasteiger partial charge in [0.25, 0.3) is 0 Å². The number of hydrogen-bond acceptors (Lipinski definition) is 1. The molecule has 2 aromatic rings. The largest absolute Gasteiger partial charge is 0.376 e. The molecule has 15 heavy (non-hydrogen) atoms. The van der Waals surface area contributed by atoms with Gasteiger partial charge in [-0.15, -0.1) is 0 Å². The summed E-state index contributed by atoms with van der Waals surface area (Å²) in [6.07, 6.45) is 0.134. The number of halogens is 1. The Morgan fingerprint density at radius 1 is 1.13 bits per heavy atom. The first-order chi connectivity index (χ1) is 7.35. The minimum absolute atomic E-state index is 0.134. The lowest BCUT2D eigenvalue weighted by atomic mass is 10.0. The molecule has 0 spiro atoms. The van der Waals surface area contributed by atoms with Gasteiger partial charge in [-0.3, -0.25) is 0 Å². The van der Waals surface area contributed by atoms with E-state index in [0.29, 0.717) is 0 Å². The normalized spacial score (nSPS) is 12.9. The number of ether oxygens (including phenoxy) is 1. The molecule has 0 N–H and O–H groups in total. The van der Waals surface area contributed by atoms with E-state index >= 15 is 0 Å². The van der Waals surface area contributed by atoms with Crippen molar-refractivity contribution < 1.29 is 4.74 Å². The second kappa shape index (κ2) is 4.77. The highest BCUT2D eigenvalue weighted by molar-refractivity contribution is 9.09. The van der Waals surface area contributed by atoms with E-state index < -0.39 is 0 Å². The quantitative estimate of drug-likeness (QED) is 0.764. The zero-order valence-corrected chi connectivity index (χ0v) is 10.2. The smallest absolute Gasteiger partial charge is 0.0918 e. The molecule has 0 amide bonds. The highest BCUT2D eigenvalue weighted by Crippen LogP contribution is 2.23. The van der Waals surface area contributed by atoms with Crippen LogP contribution >= 0.6 is 15.9 Å². The molecule has 2 aromatic carbocycles. The maximum atomic E-state index is 5.39. The maximum Gasteiger partial charge on any atom is 0.0918 e. The first kappa shape index (κ1) is 10.7. The number of fused-ring (bicyclic) bond motifs is 1. The third-order valence-corrected chi connectivity index (χ3v) is 3.16. The van der Waals surface area contributed by atoms with Gasteiger partial charge in [-0.2, -0.15) is 0 Å². The number of methoxy groups -OCH3 is 1. The van der Waals surface area contributed by atoms with Gasteiger partial charge >= 0.3 is 0 Å². The molecule has 0 aromatic heterocycles. The molecule has 2 heteroatoms. The molecule has 0 radical (unpaired) electrons. The number of rotatable bonds is 3. The zero-order chi connectivity index (χ0) is 10.7. The Balaban J connectivity index is 2.46. The van der Waals surface area contributed by atoms with E-state index in [1.807, 2.05) is 0 Å². The molecule has 0 fully saturated rings. The third-order valence-electron chi connectivity index (χ3n) is 2.57. The Labute approximate surface area is 98.2 Å². The summed E-state index contributed by atoms with van der Waals surface area (Å²) in [5, 5.41) is 3.35. The summed E-state index contributed by atoms with van der Waals surface area (Å²) in [6, 6.07) is 14.8. The fraction of sp³-hybridized carbons (Fsp3) is 0.231. The lowest BCUT2D eigenvalue weighted by Crippen LogP contribution is -2.02. The van der Waals surface area contributed by atoms with Gasteiger partial charge in [0.05, 0.1) is 6.10 Å². The molecule has 0 saturated carbocycles. The van der Waals surface area contributed by atoms with Crippen LogP contribution in [0.15, 0.2) is 42.5 Å². The van der Waals surface area contributed by atoms with Crippen LogP contribution in [0.25, 0.3) is 10.8 Å². The SMILES string of the molecule is COC(CBr)c1ccc2ccccc2c1. The van der Waals surface area contributed by atoms with Crippen molar-refractivity contribution in [3.63, 3.8) is 0 Å². The van der Waals surface area contributed by atoms with Crippen LogP contribution in [0, 0.1) is 0 Å². The first-order valence-electron chi connectivity index (χ1n) is 4.92. The Morgan fingerprint density at radius 2 is 1.87 bits per heavy atom.